The average molecular weight is 210 g/mol. The SMILES string of the molecule is [C-]#[N+]c1ccc(CON=C(C#N)C#N)cc1. The second kappa shape index (κ2) is 5.80. The number of hydrogen-bond donors (Lipinski definition) is 0. The summed E-state index contributed by atoms with van der Waals surface area (Å²) in [6, 6.07) is 9.92. The molecule has 0 unspecified atom stereocenters. The Morgan fingerprint density at radius 1 is 1.31 bits per heavy atom. The highest BCUT2D eigenvalue weighted by Crippen LogP contribution is 2.13. The van der Waals surface area contributed by atoms with Crippen molar-refractivity contribution in [3.63, 3.8) is 0 Å². The van der Waals surface area contributed by atoms with E-state index in [1.807, 2.05) is 0 Å². The van der Waals surface area contributed by atoms with Crippen molar-refractivity contribution in [1.29, 1.82) is 10.5 Å². The number of nitrogens with zero attached hydrogens (tertiary/aromatic N) is 4. The van der Waals surface area contributed by atoms with Crippen molar-refractivity contribution in [3.05, 3.63) is 41.2 Å². The molecule has 76 valence electrons. The van der Waals surface area contributed by atoms with Gasteiger partial charge < -0.3 is 4.84 Å². The molecular formula is C11H6N4O. The van der Waals surface area contributed by atoms with Crippen molar-refractivity contribution in [2.24, 2.45) is 5.16 Å². The van der Waals surface area contributed by atoms with Crippen LogP contribution < -0.4 is 0 Å². The lowest BCUT2D eigenvalue weighted by molar-refractivity contribution is 0.131. The van der Waals surface area contributed by atoms with Gasteiger partial charge in [0, 0.05) is 0 Å². The van der Waals surface area contributed by atoms with Crippen LogP contribution >= 0.6 is 0 Å². The van der Waals surface area contributed by atoms with E-state index in [0.717, 1.165) is 5.56 Å². The first-order valence-electron chi connectivity index (χ1n) is 4.26. The van der Waals surface area contributed by atoms with Crippen molar-refractivity contribution >= 4 is 11.4 Å². The lowest BCUT2D eigenvalue weighted by atomic mass is 10.2. The third-order valence-corrected chi connectivity index (χ3v) is 1.66. The zero-order valence-corrected chi connectivity index (χ0v) is 8.21. The van der Waals surface area contributed by atoms with Gasteiger partial charge in [-0.3, -0.25) is 0 Å². The van der Waals surface area contributed by atoms with E-state index in [1.165, 1.54) is 0 Å². The van der Waals surface area contributed by atoms with E-state index < -0.39 is 0 Å². The van der Waals surface area contributed by atoms with E-state index in [0.29, 0.717) is 5.69 Å². The minimum absolute atomic E-state index is 0.158. The zero-order valence-electron chi connectivity index (χ0n) is 8.21. The van der Waals surface area contributed by atoms with Gasteiger partial charge in [0.15, 0.2) is 5.69 Å². The van der Waals surface area contributed by atoms with Gasteiger partial charge in [-0.1, -0.05) is 29.4 Å². The van der Waals surface area contributed by atoms with E-state index in [-0.39, 0.29) is 12.3 Å². The Hall–Kier alpha value is -2.84. The Bertz CT molecular complexity index is 495. The number of hydrogen-bond acceptors (Lipinski definition) is 4. The Labute approximate surface area is 92.6 Å². The maximum atomic E-state index is 8.38. The van der Waals surface area contributed by atoms with E-state index in [1.54, 1.807) is 36.4 Å². The zero-order chi connectivity index (χ0) is 11.8. The highest BCUT2D eigenvalue weighted by atomic mass is 16.6. The molecule has 0 bridgehead atoms. The largest absolute Gasteiger partial charge is 0.389 e. The van der Waals surface area contributed by atoms with E-state index >= 15 is 0 Å². The second-order valence-corrected chi connectivity index (χ2v) is 2.72. The summed E-state index contributed by atoms with van der Waals surface area (Å²) in [6.07, 6.45) is 0. The first-order chi connectivity index (χ1) is 7.80. The Balaban J connectivity index is 2.57. The van der Waals surface area contributed by atoms with Crippen LogP contribution in [-0.4, -0.2) is 5.71 Å². The number of oxime groups is 1. The van der Waals surface area contributed by atoms with Gasteiger partial charge in [0.1, 0.15) is 18.7 Å². The van der Waals surface area contributed by atoms with Crippen molar-refractivity contribution in [2.45, 2.75) is 6.61 Å². The minimum Gasteiger partial charge on any atom is -0.389 e. The van der Waals surface area contributed by atoms with Crippen LogP contribution in [0.3, 0.4) is 0 Å². The molecule has 0 atom stereocenters. The second-order valence-electron chi connectivity index (χ2n) is 2.72. The van der Waals surface area contributed by atoms with Crippen molar-refractivity contribution in [2.75, 3.05) is 0 Å². The number of rotatable bonds is 3. The lowest BCUT2D eigenvalue weighted by Crippen LogP contribution is -1.92. The molecule has 0 aliphatic heterocycles. The third-order valence-electron chi connectivity index (χ3n) is 1.66. The molecule has 1 aromatic carbocycles. The van der Waals surface area contributed by atoms with E-state index in [2.05, 4.69) is 10.0 Å². The van der Waals surface area contributed by atoms with E-state index in [4.69, 9.17) is 21.9 Å². The fourth-order valence-corrected chi connectivity index (χ4v) is 0.904. The van der Waals surface area contributed by atoms with E-state index in [9.17, 15) is 0 Å². The fraction of sp³-hybridized carbons (Fsp3) is 0.0909. The molecule has 0 N–H and O–H groups in total. The molecule has 0 fully saturated rings. The summed E-state index contributed by atoms with van der Waals surface area (Å²) < 4.78 is 0. The smallest absolute Gasteiger partial charge is 0.256 e. The highest BCUT2D eigenvalue weighted by Gasteiger charge is 1.96. The van der Waals surface area contributed by atoms with Gasteiger partial charge in [-0.25, -0.2) is 4.85 Å². The average Bonchev–Trinajstić information content (AvgIpc) is 2.35. The Morgan fingerprint density at radius 2 is 1.94 bits per heavy atom. The summed E-state index contributed by atoms with van der Waals surface area (Å²) >= 11 is 0. The summed E-state index contributed by atoms with van der Waals surface area (Å²) in [5, 5.41) is 20.1. The van der Waals surface area contributed by atoms with Gasteiger partial charge in [0.25, 0.3) is 5.71 Å². The van der Waals surface area contributed by atoms with Crippen molar-refractivity contribution < 1.29 is 4.84 Å². The first kappa shape index (κ1) is 11.2. The molecule has 0 aliphatic carbocycles. The van der Waals surface area contributed by atoms with Crippen LogP contribution in [0.15, 0.2) is 29.4 Å². The molecule has 0 amide bonds. The van der Waals surface area contributed by atoms with Crippen LogP contribution in [0.25, 0.3) is 4.85 Å². The molecule has 16 heavy (non-hydrogen) atoms. The predicted octanol–water partition coefficient (Wildman–Crippen LogP) is 2.16. The van der Waals surface area contributed by atoms with Gasteiger partial charge in [0.05, 0.1) is 6.57 Å². The maximum absolute atomic E-state index is 8.38. The Kier molecular flexibility index (Phi) is 4.07. The van der Waals surface area contributed by atoms with Crippen molar-refractivity contribution in [3.8, 4) is 12.1 Å². The molecule has 1 aromatic rings. The third kappa shape index (κ3) is 3.14. The summed E-state index contributed by atoms with van der Waals surface area (Å²) in [5.74, 6) is 0. The predicted molar refractivity (Wildman–Crippen MR) is 56.2 cm³/mol. The molecule has 5 heteroatoms. The van der Waals surface area contributed by atoms with Gasteiger partial charge in [-0.2, -0.15) is 10.5 Å². The maximum Gasteiger partial charge on any atom is 0.256 e. The van der Waals surface area contributed by atoms with Crippen LogP contribution in [-0.2, 0) is 11.4 Å². The van der Waals surface area contributed by atoms with Crippen molar-refractivity contribution in [1.82, 2.24) is 0 Å². The van der Waals surface area contributed by atoms with Crippen LogP contribution in [0.2, 0.25) is 0 Å². The molecule has 0 aromatic heterocycles. The summed E-state index contributed by atoms with van der Waals surface area (Å²) in [7, 11) is 0. The minimum atomic E-state index is -0.322. The summed E-state index contributed by atoms with van der Waals surface area (Å²) in [4.78, 5) is 8.04. The molecule has 0 spiro atoms. The monoisotopic (exact) mass is 210 g/mol. The normalized spacial score (nSPS) is 8.06. The molecule has 0 radical (unpaired) electrons. The molecule has 0 aliphatic rings. The van der Waals surface area contributed by atoms with Crippen LogP contribution in [0, 0.1) is 29.2 Å². The molecule has 5 nitrogen and oxygen atoms in total. The van der Waals surface area contributed by atoms with Gasteiger partial charge >= 0.3 is 0 Å². The summed E-state index contributed by atoms with van der Waals surface area (Å²) in [6.45, 7) is 6.92. The first-order valence-corrected chi connectivity index (χ1v) is 4.26. The molecule has 1 rings (SSSR count). The lowest BCUT2D eigenvalue weighted by Gasteiger charge is -1.98. The van der Waals surface area contributed by atoms with Crippen LogP contribution in [0.4, 0.5) is 5.69 Å². The Morgan fingerprint density at radius 3 is 2.44 bits per heavy atom. The van der Waals surface area contributed by atoms with Crippen LogP contribution in [0.5, 0.6) is 0 Å². The fourth-order valence-electron chi connectivity index (χ4n) is 0.904. The topological polar surface area (TPSA) is 73.5 Å². The standard InChI is InChI=1S/C11H6N4O/c1-14-10-4-2-9(3-5-10)8-16-15-11(6-12)7-13/h2-5H,8H2. The molecular weight excluding hydrogens is 204 g/mol. The number of nitriles is 2. The number of benzene rings is 1. The molecule has 0 saturated carbocycles. The molecule has 0 heterocycles. The quantitative estimate of drug-likeness (QED) is 0.436. The summed E-state index contributed by atoms with van der Waals surface area (Å²) in [5.41, 5.74) is 1.03. The van der Waals surface area contributed by atoms with Gasteiger partial charge in [-0.15, -0.1) is 0 Å². The van der Waals surface area contributed by atoms with Gasteiger partial charge in [0.2, 0.25) is 0 Å². The highest BCUT2D eigenvalue weighted by molar-refractivity contribution is 6.09. The van der Waals surface area contributed by atoms with Crippen LogP contribution in [0.1, 0.15) is 5.56 Å². The molecule has 0 saturated heterocycles. The van der Waals surface area contributed by atoms with Gasteiger partial charge in [-0.05, 0) is 5.56 Å².